The predicted octanol–water partition coefficient (Wildman–Crippen LogP) is 2.62. The van der Waals surface area contributed by atoms with Gasteiger partial charge in [-0.3, -0.25) is 4.79 Å². The van der Waals surface area contributed by atoms with E-state index < -0.39 is 0 Å². The number of hydrogen-bond donors (Lipinski definition) is 1. The number of benzene rings is 2. The van der Waals surface area contributed by atoms with E-state index in [0.717, 1.165) is 24.4 Å². The Bertz CT molecular complexity index is 755. The minimum atomic E-state index is -0.0885. The van der Waals surface area contributed by atoms with Crippen molar-refractivity contribution in [2.45, 2.75) is 18.6 Å². The van der Waals surface area contributed by atoms with Crippen LogP contribution in [0.1, 0.15) is 28.4 Å². The summed E-state index contributed by atoms with van der Waals surface area (Å²) in [5.41, 5.74) is 2.68. The minimum absolute atomic E-state index is 0.0615. The summed E-state index contributed by atoms with van der Waals surface area (Å²) in [7, 11) is 0. The van der Waals surface area contributed by atoms with E-state index in [1.807, 2.05) is 60.7 Å². The van der Waals surface area contributed by atoms with Gasteiger partial charge in [-0.05, 0) is 17.7 Å². The molecule has 0 spiro atoms. The largest absolute Gasteiger partial charge is 0.370 e. The number of nitrogens with zero attached hydrogens (tertiary/aromatic N) is 2. The molecule has 1 amide bonds. The number of carbonyl (C=O) groups excluding carboxylic acids is 1. The molecule has 5 heteroatoms. The molecule has 2 atom stereocenters. The van der Waals surface area contributed by atoms with Crippen molar-refractivity contribution >= 4 is 11.6 Å². The van der Waals surface area contributed by atoms with Crippen LogP contribution in [-0.4, -0.2) is 42.4 Å². The number of amides is 1. The quantitative estimate of drug-likeness (QED) is 0.938. The summed E-state index contributed by atoms with van der Waals surface area (Å²) < 4.78 is 5.85. The van der Waals surface area contributed by atoms with Crippen molar-refractivity contribution in [3.8, 4) is 0 Å². The Morgan fingerprint density at radius 2 is 1.80 bits per heavy atom. The highest BCUT2D eigenvalue weighted by atomic mass is 16.5. The number of ether oxygens (including phenoxy) is 1. The van der Waals surface area contributed by atoms with E-state index >= 15 is 0 Å². The second-order valence-electron chi connectivity index (χ2n) is 6.30. The van der Waals surface area contributed by atoms with Crippen LogP contribution in [0, 0.1) is 0 Å². The Balaban J connectivity index is 1.65. The second kappa shape index (κ2) is 7.17. The van der Waals surface area contributed by atoms with Crippen LogP contribution >= 0.6 is 0 Å². The zero-order valence-electron chi connectivity index (χ0n) is 14.0. The maximum Gasteiger partial charge on any atom is 0.274 e. The molecule has 1 saturated heterocycles. The van der Waals surface area contributed by atoms with Gasteiger partial charge in [-0.1, -0.05) is 48.5 Å². The number of hydrazone groups is 1. The van der Waals surface area contributed by atoms with E-state index in [9.17, 15) is 4.79 Å². The first-order chi connectivity index (χ1) is 12.3. The van der Waals surface area contributed by atoms with Crippen molar-refractivity contribution in [3.63, 3.8) is 0 Å². The van der Waals surface area contributed by atoms with Crippen LogP contribution in [0.25, 0.3) is 0 Å². The standard InChI is InChI=1S/C20H21N3O2/c24-20(16-9-5-2-6-10-16)23-18(15-7-3-1-4-8-15)13-17(22-23)19-14-21-11-12-25-19/h1-10,18-19,21H,11-14H2. The summed E-state index contributed by atoms with van der Waals surface area (Å²) in [6.45, 7) is 2.28. The Hall–Kier alpha value is -2.50. The molecule has 1 N–H and O–H groups in total. The van der Waals surface area contributed by atoms with Gasteiger partial charge in [0.25, 0.3) is 5.91 Å². The van der Waals surface area contributed by atoms with E-state index in [-0.39, 0.29) is 18.1 Å². The molecule has 5 nitrogen and oxygen atoms in total. The van der Waals surface area contributed by atoms with E-state index in [1.165, 1.54) is 0 Å². The lowest BCUT2D eigenvalue weighted by Gasteiger charge is -2.23. The lowest BCUT2D eigenvalue weighted by Crippen LogP contribution is -2.42. The molecule has 2 aromatic carbocycles. The summed E-state index contributed by atoms with van der Waals surface area (Å²) >= 11 is 0. The number of morpholine rings is 1. The Labute approximate surface area is 147 Å². The van der Waals surface area contributed by atoms with Gasteiger partial charge in [-0.2, -0.15) is 5.10 Å². The van der Waals surface area contributed by atoms with Crippen molar-refractivity contribution < 1.29 is 9.53 Å². The molecule has 0 saturated carbocycles. The third-order valence-corrected chi connectivity index (χ3v) is 4.65. The molecular formula is C20H21N3O2. The number of carbonyl (C=O) groups is 1. The van der Waals surface area contributed by atoms with E-state index in [1.54, 1.807) is 5.01 Å². The van der Waals surface area contributed by atoms with Crippen molar-refractivity contribution in [3.05, 3.63) is 71.8 Å². The fraction of sp³-hybridized carbons (Fsp3) is 0.300. The molecule has 4 rings (SSSR count). The molecule has 2 aliphatic heterocycles. The first-order valence-electron chi connectivity index (χ1n) is 8.66. The highest BCUT2D eigenvalue weighted by Gasteiger charge is 2.36. The van der Waals surface area contributed by atoms with Crippen LogP contribution in [0.2, 0.25) is 0 Å². The lowest BCUT2D eigenvalue weighted by molar-refractivity contribution is 0.0691. The van der Waals surface area contributed by atoms with Gasteiger partial charge >= 0.3 is 0 Å². The third-order valence-electron chi connectivity index (χ3n) is 4.65. The zero-order chi connectivity index (χ0) is 17.1. The van der Waals surface area contributed by atoms with Crippen molar-refractivity contribution in [2.75, 3.05) is 19.7 Å². The topological polar surface area (TPSA) is 53.9 Å². The normalized spacial score (nSPS) is 23.4. The van der Waals surface area contributed by atoms with Crippen LogP contribution < -0.4 is 5.32 Å². The van der Waals surface area contributed by atoms with Gasteiger partial charge in [-0.25, -0.2) is 5.01 Å². The number of nitrogens with one attached hydrogen (secondary N) is 1. The van der Waals surface area contributed by atoms with Crippen molar-refractivity contribution in [1.82, 2.24) is 10.3 Å². The maximum atomic E-state index is 13.0. The SMILES string of the molecule is O=C(c1ccccc1)N1N=C(C2CNCCO2)CC1c1ccccc1. The Morgan fingerprint density at radius 3 is 2.48 bits per heavy atom. The minimum Gasteiger partial charge on any atom is -0.370 e. The maximum absolute atomic E-state index is 13.0. The summed E-state index contributed by atoms with van der Waals surface area (Å²) in [4.78, 5) is 13.0. The molecule has 2 heterocycles. The van der Waals surface area contributed by atoms with Crippen LogP contribution in [0.3, 0.4) is 0 Å². The zero-order valence-corrected chi connectivity index (χ0v) is 14.0. The van der Waals surface area contributed by atoms with Gasteiger partial charge in [0.05, 0.1) is 18.4 Å². The molecule has 0 aliphatic carbocycles. The summed E-state index contributed by atoms with van der Waals surface area (Å²) in [5.74, 6) is -0.0757. The van der Waals surface area contributed by atoms with E-state index in [0.29, 0.717) is 18.6 Å². The second-order valence-corrected chi connectivity index (χ2v) is 6.30. The van der Waals surface area contributed by atoms with Gasteiger partial charge in [0.15, 0.2) is 0 Å². The average molecular weight is 335 g/mol. The molecule has 2 unspecified atom stereocenters. The van der Waals surface area contributed by atoms with Crippen molar-refractivity contribution in [1.29, 1.82) is 0 Å². The van der Waals surface area contributed by atoms with Crippen molar-refractivity contribution in [2.24, 2.45) is 5.10 Å². The van der Waals surface area contributed by atoms with Gasteiger partial charge in [0.1, 0.15) is 6.10 Å². The Morgan fingerprint density at radius 1 is 1.08 bits per heavy atom. The molecule has 0 aromatic heterocycles. The molecular weight excluding hydrogens is 314 g/mol. The van der Waals surface area contributed by atoms with Gasteiger partial charge < -0.3 is 10.1 Å². The molecule has 2 aromatic rings. The van der Waals surface area contributed by atoms with E-state index in [4.69, 9.17) is 4.74 Å². The lowest BCUT2D eigenvalue weighted by atomic mass is 9.99. The molecule has 25 heavy (non-hydrogen) atoms. The van der Waals surface area contributed by atoms with Crippen LogP contribution in [0.15, 0.2) is 65.8 Å². The van der Waals surface area contributed by atoms with Gasteiger partial charge in [-0.15, -0.1) is 0 Å². The Kier molecular flexibility index (Phi) is 4.59. The predicted molar refractivity (Wildman–Crippen MR) is 96.5 cm³/mol. The first-order valence-corrected chi connectivity index (χ1v) is 8.66. The number of hydrogen-bond acceptors (Lipinski definition) is 4. The highest BCUT2D eigenvalue weighted by molar-refractivity contribution is 5.99. The fourth-order valence-electron chi connectivity index (χ4n) is 3.34. The van der Waals surface area contributed by atoms with Crippen LogP contribution in [0.5, 0.6) is 0 Å². The average Bonchev–Trinajstić information content (AvgIpc) is 3.15. The molecule has 128 valence electrons. The van der Waals surface area contributed by atoms with Crippen LogP contribution in [-0.2, 0) is 4.74 Å². The third kappa shape index (κ3) is 3.34. The molecule has 0 radical (unpaired) electrons. The van der Waals surface area contributed by atoms with Gasteiger partial charge in [0.2, 0.25) is 0 Å². The number of rotatable bonds is 3. The summed E-state index contributed by atoms with van der Waals surface area (Å²) in [5, 5.41) is 9.64. The summed E-state index contributed by atoms with van der Waals surface area (Å²) in [6, 6.07) is 19.3. The molecule has 0 bridgehead atoms. The monoisotopic (exact) mass is 335 g/mol. The van der Waals surface area contributed by atoms with Crippen LogP contribution in [0.4, 0.5) is 0 Å². The summed E-state index contributed by atoms with van der Waals surface area (Å²) in [6.07, 6.45) is 0.642. The molecule has 1 fully saturated rings. The smallest absolute Gasteiger partial charge is 0.274 e. The van der Waals surface area contributed by atoms with E-state index in [2.05, 4.69) is 10.4 Å². The molecule has 2 aliphatic rings. The highest BCUT2D eigenvalue weighted by Crippen LogP contribution is 2.33. The first kappa shape index (κ1) is 16.0. The fourth-order valence-corrected chi connectivity index (χ4v) is 3.34. The van der Waals surface area contributed by atoms with Gasteiger partial charge in [0, 0.05) is 25.1 Å².